The third-order valence-corrected chi connectivity index (χ3v) is 4.55. The van der Waals surface area contributed by atoms with E-state index in [1.54, 1.807) is 19.5 Å². The van der Waals surface area contributed by atoms with Gasteiger partial charge in [-0.2, -0.15) is 4.98 Å². The second kappa shape index (κ2) is 7.97. The number of hydrogen-bond acceptors (Lipinski definition) is 6. The summed E-state index contributed by atoms with van der Waals surface area (Å²) in [5.41, 5.74) is 0.960. The fourth-order valence-electron chi connectivity index (χ4n) is 2.15. The summed E-state index contributed by atoms with van der Waals surface area (Å²) in [5, 5.41) is 1.71. The van der Waals surface area contributed by atoms with Gasteiger partial charge in [0.1, 0.15) is 5.01 Å². The molecule has 0 N–H and O–H groups in total. The number of aromatic nitrogens is 2. The molecule has 0 spiro atoms. The minimum Gasteiger partial charge on any atom is -0.479 e. The molecule has 2 rings (SSSR count). The molecule has 0 saturated carbocycles. The first-order valence-electron chi connectivity index (χ1n) is 7.61. The van der Waals surface area contributed by atoms with Crippen LogP contribution >= 0.6 is 11.3 Å². The van der Waals surface area contributed by atoms with Gasteiger partial charge in [-0.3, -0.25) is 4.98 Å². The van der Waals surface area contributed by atoms with E-state index in [0.29, 0.717) is 11.8 Å². The molecule has 124 valence electrons. The molecular weight excluding hydrogens is 310 g/mol. The zero-order valence-corrected chi connectivity index (χ0v) is 14.9. The van der Waals surface area contributed by atoms with Gasteiger partial charge in [-0.15, -0.1) is 0 Å². The molecule has 0 aromatic carbocycles. The lowest BCUT2D eigenvalue weighted by atomic mass is 10.2. The maximum absolute atomic E-state index is 5.86. The third kappa shape index (κ3) is 4.22. The van der Waals surface area contributed by atoms with Crippen molar-refractivity contribution in [3.8, 4) is 16.5 Å². The van der Waals surface area contributed by atoms with E-state index in [9.17, 15) is 0 Å². The van der Waals surface area contributed by atoms with E-state index in [0.717, 1.165) is 28.4 Å². The molecule has 0 radical (unpaired) electrons. The third-order valence-electron chi connectivity index (χ3n) is 3.39. The molecule has 0 amide bonds. The van der Waals surface area contributed by atoms with Crippen molar-refractivity contribution in [2.24, 2.45) is 0 Å². The van der Waals surface area contributed by atoms with Gasteiger partial charge in [0.2, 0.25) is 5.88 Å². The quantitative estimate of drug-likeness (QED) is 0.673. The highest BCUT2D eigenvalue weighted by Crippen LogP contribution is 2.40. The molecule has 0 aliphatic rings. The predicted molar refractivity (Wildman–Crippen MR) is 94.9 cm³/mol. The largest absolute Gasteiger partial charge is 0.479 e. The molecular formula is C17H23N3O2S. The van der Waals surface area contributed by atoms with Gasteiger partial charge in [-0.05, 0) is 32.1 Å². The summed E-state index contributed by atoms with van der Waals surface area (Å²) in [6.07, 6.45) is 5.73. The highest BCUT2D eigenvalue weighted by molar-refractivity contribution is 7.19. The average molecular weight is 333 g/mol. The minimum atomic E-state index is 0.131. The molecule has 23 heavy (non-hydrogen) atoms. The molecule has 6 heteroatoms. The molecule has 2 heterocycles. The Bertz CT molecular complexity index is 643. The summed E-state index contributed by atoms with van der Waals surface area (Å²) in [4.78, 5) is 10.5. The molecule has 2 aromatic heterocycles. The molecule has 1 unspecified atom stereocenters. The van der Waals surface area contributed by atoms with Gasteiger partial charge in [0.25, 0.3) is 0 Å². The standard InChI is InChI=1S/C17H23N3O2S/c1-6-8-12(2)22-13(3)20(4)17-15(21-5)19-16(23-17)14-9-7-10-18-11-14/h7,9-12H,3,6,8H2,1-2,4-5H3. The Morgan fingerprint density at radius 2 is 2.26 bits per heavy atom. The summed E-state index contributed by atoms with van der Waals surface area (Å²) in [5.74, 6) is 1.15. The van der Waals surface area contributed by atoms with Crippen molar-refractivity contribution in [2.75, 3.05) is 19.1 Å². The summed E-state index contributed by atoms with van der Waals surface area (Å²) in [6.45, 7) is 8.21. The first-order valence-corrected chi connectivity index (χ1v) is 8.43. The number of hydrogen-bond donors (Lipinski definition) is 0. The Morgan fingerprint density at radius 3 is 2.87 bits per heavy atom. The van der Waals surface area contributed by atoms with Crippen molar-refractivity contribution in [1.29, 1.82) is 0 Å². The van der Waals surface area contributed by atoms with Gasteiger partial charge in [-0.1, -0.05) is 24.7 Å². The van der Waals surface area contributed by atoms with E-state index in [2.05, 4.69) is 23.5 Å². The van der Waals surface area contributed by atoms with Crippen LogP contribution in [0.25, 0.3) is 10.6 Å². The minimum absolute atomic E-state index is 0.131. The summed E-state index contributed by atoms with van der Waals surface area (Å²) in [6, 6.07) is 3.87. The lowest BCUT2D eigenvalue weighted by Crippen LogP contribution is -2.21. The van der Waals surface area contributed by atoms with Gasteiger partial charge in [0, 0.05) is 25.0 Å². The van der Waals surface area contributed by atoms with Crippen LogP contribution in [0.3, 0.4) is 0 Å². The Morgan fingerprint density at radius 1 is 1.48 bits per heavy atom. The second-order valence-corrected chi connectivity index (χ2v) is 6.22. The topological polar surface area (TPSA) is 47.5 Å². The van der Waals surface area contributed by atoms with Gasteiger partial charge >= 0.3 is 0 Å². The van der Waals surface area contributed by atoms with E-state index in [4.69, 9.17) is 9.47 Å². The van der Waals surface area contributed by atoms with E-state index in [1.165, 1.54) is 11.3 Å². The van der Waals surface area contributed by atoms with Crippen LogP contribution in [-0.2, 0) is 4.74 Å². The highest BCUT2D eigenvalue weighted by Gasteiger charge is 2.20. The van der Waals surface area contributed by atoms with Crippen LogP contribution in [0.5, 0.6) is 5.88 Å². The fraction of sp³-hybridized carbons (Fsp3) is 0.412. The Labute approximate surface area is 141 Å². The van der Waals surface area contributed by atoms with Gasteiger partial charge < -0.3 is 14.4 Å². The fourth-order valence-corrected chi connectivity index (χ4v) is 3.15. The molecule has 5 nitrogen and oxygen atoms in total. The number of anilines is 1. The second-order valence-electron chi connectivity index (χ2n) is 5.25. The van der Waals surface area contributed by atoms with Crippen LogP contribution < -0.4 is 9.64 Å². The highest BCUT2D eigenvalue weighted by atomic mass is 32.1. The zero-order chi connectivity index (χ0) is 16.8. The van der Waals surface area contributed by atoms with Crippen molar-refractivity contribution < 1.29 is 9.47 Å². The van der Waals surface area contributed by atoms with Crippen molar-refractivity contribution in [2.45, 2.75) is 32.8 Å². The average Bonchev–Trinajstić information content (AvgIpc) is 2.99. The van der Waals surface area contributed by atoms with Gasteiger partial charge in [0.15, 0.2) is 10.9 Å². The zero-order valence-electron chi connectivity index (χ0n) is 14.1. The SMILES string of the molecule is C=C(OC(C)CCC)N(C)c1sc(-c2cccnc2)nc1OC. The number of methoxy groups -OCH3 is 1. The molecule has 0 bridgehead atoms. The van der Waals surface area contributed by atoms with Crippen molar-refractivity contribution in [3.63, 3.8) is 0 Å². The van der Waals surface area contributed by atoms with Gasteiger partial charge in [-0.25, -0.2) is 0 Å². The molecule has 0 aliphatic heterocycles. The molecule has 0 saturated heterocycles. The van der Waals surface area contributed by atoms with Gasteiger partial charge in [0.05, 0.1) is 13.2 Å². The number of pyridine rings is 1. The number of ether oxygens (including phenoxy) is 2. The Hall–Kier alpha value is -2.08. The van der Waals surface area contributed by atoms with Crippen LogP contribution in [-0.4, -0.2) is 30.2 Å². The van der Waals surface area contributed by atoms with E-state index in [1.807, 2.05) is 31.0 Å². The molecule has 1 atom stereocenters. The van der Waals surface area contributed by atoms with Crippen LogP contribution in [0.15, 0.2) is 37.0 Å². The van der Waals surface area contributed by atoms with Crippen LogP contribution in [0.4, 0.5) is 5.00 Å². The van der Waals surface area contributed by atoms with E-state index >= 15 is 0 Å². The smallest absolute Gasteiger partial charge is 0.250 e. The predicted octanol–water partition coefficient (Wildman–Crippen LogP) is 4.33. The van der Waals surface area contributed by atoms with Crippen molar-refractivity contribution >= 4 is 16.3 Å². The first kappa shape index (κ1) is 17.3. The Kier molecular flexibility index (Phi) is 5.98. The number of rotatable bonds is 8. The van der Waals surface area contributed by atoms with Crippen molar-refractivity contribution in [1.82, 2.24) is 9.97 Å². The van der Waals surface area contributed by atoms with E-state index in [-0.39, 0.29) is 6.10 Å². The van der Waals surface area contributed by atoms with Crippen LogP contribution in [0.2, 0.25) is 0 Å². The normalized spacial score (nSPS) is 11.8. The van der Waals surface area contributed by atoms with Crippen molar-refractivity contribution in [3.05, 3.63) is 37.0 Å². The maximum Gasteiger partial charge on any atom is 0.250 e. The summed E-state index contributed by atoms with van der Waals surface area (Å²) < 4.78 is 11.3. The summed E-state index contributed by atoms with van der Waals surface area (Å²) >= 11 is 1.52. The maximum atomic E-state index is 5.86. The lowest BCUT2D eigenvalue weighted by Gasteiger charge is -2.23. The first-order chi connectivity index (χ1) is 11.1. The summed E-state index contributed by atoms with van der Waals surface area (Å²) in [7, 11) is 3.52. The Balaban J connectivity index is 2.21. The van der Waals surface area contributed by atoms with Crippen LogP contribution in [0.1, 0.15) is 26.7 Å². The number of nitrogens with zero attached hydrogens (tertiary/aromatic N) is 3. The van der Waals surface area contributed by atoms with Crippen LogP contribution in [0, 0.1) is 0 Å². The van der Waals surface area contributed by atoms with E-state index < -0.39 is 0 Å². The molecule has 2 aromatic rings. The lowest BCUT2D eigenvalue weighted by molar-refractivity contribution is 0.120. The monoisotopic (exact) mass is 333 g/mol. The molecule has 0 aliphatic carbocycles. The molecule has 0 fully saturated rings. The number of thiazole rings is 1.